The van der Waals surface area contributed by atoms with E-state index in [-0.39, 0.29) is 0 Å². The maximum atomic E-state index is 3.68. The molecule has 0 bridgehead atoms. The Morgan fingerprint density at radius 3 is 3.12 bits per heavy atom. The molecule has 1 aromatic heterocycles. The van der Waals surface area contributed by atoms with Gasteiger partial charge in [0.25, 0.3) is 0 Å². The van der Waals surface area contributed by atoms with E-state index < -0.39 is 0 Å². The number of nitrogens with zero attached hydrogens (tertiary/aromatic N) is 1. The maximum Gasteiger partial charge on any atom is 0.0331 e. The number of nitrogens with one attached hydrogen (secondary N) is 1. The van der Waals surface area contributed by atoms with Crippen molar-refractivity contribution < 1.29 is 0 Å². The first-order valence-corrected chi connectivity index (χ1v) is 7.67. The molecule has 0 spiro atoms. The first-order valence-electron chi connectivity index (χ1n) is 6.79. The second kappa shape index (κ2) is 6.53. The maximum absolute atomic E-state index is 3.68. The summed E-state index contributed by atoms with van der Waals surface area (Å²) in [6.07, 6.45) is 3.85. The van der Waals surface area contributed by atoms with E-state index >= 15 is 0 Å². The van der Waals surface area contributed by atoms with Crippen LogP contribution in [0.5, 0.6) is 0 Å². The van der Waals surface area contributed by atoms with Gasteiger partial charge in [0.15, 0.2) is 0 Å². The monoisotopic (exact) mass is 252 g/mol. The minimum absolute atomic E-state index is 0.685. The Kier molecular flexibility index (Phi) is 5.01. The quantitative estimate of drug-likeness (QED) is 0.886. The Hall–Kier alpha value is -0.380. The van der Waals surface area contributed by atoms with Crippen molar-refractivity contribution >= 4 is 11.3 Å². The summed E-state index contributed by atoms with van der Waals surface area (Å²) >= 11 is 1.88. The summed E-state index contributed by atoms with van der Waals surface area (Å²) in [7, 11) is 0. The molecule has 96 valence electrons. The number of hydrogen-bond acceptors (Lipinski definition) is 3. The molecule has 1 aliphatic heterocycles. The molecule has 1 fully saturated rings. The summed E-state index contributed by atoms with van der Waals surface area (Å²) in [6.45, 7) is 8.14. The zero-order chi connectivity index (χ0) is 12.1. The highest BCUT2D eigenvalue weighted by atomic mass is 32.1. The summed E-state index contributed by atoms with van der Waals surface area (Å²) < 4.78 is 0. The van der Waals surface area contributed by atoms with Gasteiger partial charge in [-0.05, 0) is 37.8 Å². The highest BCUT2D eigenvalue weighted by molar-refractivity contribution is 7.09. The fourth-order valence-electron chi connectivity index (χ4n) is 2.57. The molecule has 2 heterocycles. The van der Waals surface area contributed by atoms with E-state index in [4.69, 9.17) is 0 Å². The van der Waals surface area contributed by atoms with Crippen LogP contribution in [0.2, 0.25) is 0 Å². The van der Waals surface area contributed by atoms with Crippen molar-refractivity contribution in [3.63, 3.8) is 0 Å². The lowest BCUT2D eigenvalue weighted by Gasteiger charge is -2.28. The minimum Gasteiger partial charge on any atom is -0.313 e. The van der Waals surface area contributed by atoms with E-state index in [9.17, 15) is 0 Å². The van der Waals surface area contributed by atoms with Crippen molar-refractivity contribution in [2.24, 2.45) is 0 Å². The van der Waals surface area contributed by atoms with Gasteiger partial charge < -0.3 is 5.32 Å². The third kappa shape index (κ3) is 3.80. The molecule has 1 aromatic rings. The number of thiophene rings is 1. The van der Waals surface area contributed by atoms with Crippen molar-refractivity contribution in [2.45, 2.75) is 51.7 Å². The fraction of sp³-hybridized carbons (Fsp3) is 0.714. The zero-order valence-corrected chi connectivity index (χ0v) is 11.8. The van der Waals surface area contributed by atoms with Gasteiger partial charge in [-0.15, -0.1) is 11.3 Å². The van der Waals surface area contributed by atoms with Crippen LogP contribution in [0, 0.1) is 0 Å². The molecule has 0 radical (unpaired) electrons. The topological polar surface area (TPSA) is 15.3 Å². The second-order valence-corrected chi connectivity index (χ2v) is 6.12. The van der Waals surface area contributed by atoms with E-state index in [1.807, 2.05) is 11.3 Å². The average Bonchev–Trinajstić information content (AvgIpc) is 2.74. The largest absolute Gasteiger partial charge is 0.313 e. The lowest BCUT2D eigenvalue weighted by atomic mass is 10.1. The lowest BCUT2D eigenvalue weighted by Crippen LogP contribution is -2.39. The molecule has 3 heteroatoms. The first-order chi connectivity index (χ1) is 8.29. The van der Waals surface area contributed by atoms with Crippen LogP contribution in [0.4, 0.5) is 0 Å². The first kappa shape index (κ1) is 13.1. The molecule has 0 saturated carbocycles. The molecule has 1 saturated heterocycles. The summed E-state index contributed by atoms with van der Waals surface area (Å²) in [5, 5.41) is 5.86. The lowest BCUT2D eigenvalue weighted by molar-refractivity contribution is 0.195. The van der Waals surface area contributed by atoms with Crippen LogP contribution in [0.3, 0.4) is 0 Å². The summed E-state index contributed by atoms with van der Waals surface area (Å²) in [6, 6.07) is 5.80. The Morgan fingerprint density at radius 1 is 1.53 bits per heavy atom. The normalized spacial score (nSPS) is 26.9. The standard InChI is InChI=1S/C14H24N2S/c1-3-5-13-10-16(12(2)7-8-15-13)11-14-6-4-9-17-14/h4,6,9,12-13,15H,3,5,7-8,10-11H2,1-2H3. The second-order valence-electron chi connectivity index (χ2n) is 5.09. The fourth-order valence-corrected chi connectivity index (χ4v) is 3.30. The van der Waals surface area contributed by atoms with E-state index in [2.05, 4.69) is 41.6 Å². The molecule has 2 unspecified atom stereocenters. The highest BCUT2D eigenvalue weighted by Crippen LogP contribution is 2.18. The van der Waals surface area contributed by atoms with E-state index in [0.29, 0.717) is 12.1 Å². The smallest absolute Gasteiger partial charge is 0.0331 e. The average molecular weight is 252 g/mol. The van der Waals surface area contributed by atoms with Gasteiger partial charge in [0.2, 0.25) is 0 Å². The van der Waals surface area contributed by atoms with E-state index in [1.54, 1.807) is 0 Å². The van der Waals surface area contributed by atoms with Crippen LogP contribution in [0.1, 0.15) is 38.0 Å². The summed E-state index contributed by atoms with van der Waals surface area (Å²) in [4.78, 5) is 4.14. The van der Waals surface area contributed by atoms with Crippen molar-refractivity contribution in [1.82, 2.24) is 10.2 Å². The van der Waals surface area contributed by atoms with Gasteiger partial charge in [0.05, 0.1) is 0 Å². The molecule has 1 aliphatic rings. The molecule has 0 amide bonds. The van der Waals surface area contributed by atoms with Gasteiger partial charge in [-0.1, -0.05) is 19.4 Å². The predicted molar refractivity (Wildman–Crippen MR) is 75.5 cm³/mol. The number of rotatable bonds is 4. The SMILES string of the molecule is CCCC1CN(Cc2cccs2)C(C)CCN1. The Bertz CT molecular complexity index is 310. The molecule has 0 aromatic carbocycles. The molecular weight excluding hydrogens is 228 g/mol. The van der Waals surface area contributed by atoms with Crippen LogP contribution in [0.15, 0.2) is 17.5 Å². The summed E-state index contributed by atoms with van der Waals surface area (Å²) in [5.74, 6) is 0. The van der Waals surface area contributed by atoms with Crippen LogP contribution in [-0.2, 0) is 6.54 Å². The van der Waals surface area contributed by atoms with E-state index in [1.165, 1.54) is 37.2 Å². The molecule has 0 aliphatic carbocycles. The van der Waals surface area contributed by atoms with Crippen LogP contribution in [0.25, 0.3) is 0 Å². The molecule has 17 heavy (non-hydrogen) atoms. The minimum atomic E-state index is 0.685. The molecule has 2 rings (SSSR count). The van der Waals surface area contributed by atoms with Gasteiger partial charge in [-0.2, -0.15) is 0 Å². The van der Waals surface area contributed by atoms with Crippen LogP contribution in [-0.4, -0.2) is 30.1 Å². The zero-order valence-electron chi connectivity index (χ0n) is 11.0. The van der Waals surface area contributed by atoms with E-state index in [0.717, 1.165) is 6.54 Å². The Balaban J connectivity index is 1.96. The Labute approximate surface area is 109 Å². The third-order valence-electron chi connectivity index (χ3n) is 3.65. The van der Waals surface area contributed by atoms with Crippen LogP contribution >= 0.6 is 11.3 Å². The summed E-state index contributed by atoms with van der Waals surface area (Å²) in [5.41, 5.74) is 0. The van der Waals surface area contributed by atoms with Crippen molar-refractivity contribution in [3.8, 4) is 0 Å². The van der Waals surface area contributed by atoms with Gasteiger partial charge in [0.1, 0.15) is 0 Å². The Morgan fingerprint density at radius 2 is 2.41 bits per heavy atom. The highest BCUT2D eigenvalue weighted by Gasteiger charge is 2.22. The third-order valence-corrected chi connectivity index (χ3v) is 4.51. The number of hydrogen-bond donors (Lipinski definition) is 1. The molecule has 2 nitrogen and oxygen atoms in total. The van der Waals surface area contributed by atoms with Gasteiger partial charge in [0, 0.05) is 30.1 Å². The predicted octanol–water partition coefficient (Wildman–Crippen LogP) is 3.10. The van der Waals surface area contributed by atoms with Crippen molar-refractivity contribution in [1.29, 1.82) is 0 Å². The van der Waals surface area contributed by atoms with Gasteiger partial charge in [-0.25, -0.2) is 0 Å². The molecule has 2 atom stereocenters. The molecular formula is C14H24N2S. The van der Waals surface area contributed by atoms with Crippen molar-refractivity contribution in [2.75, 3.05) is 13.1 Å². The molecule has 1 N–H and O–H groups in total. The van der Waals surface area contributed by atoms with Crippen molar-refractivity contribution in [3.05, 3.63) is 22.4 Å². The van der Waals surface area contributed by atoms with Crippen LogP contribution < -0.4 is 5.32 Å². The van der Waals surface area contributed by atoms with Gasteiger partial charge >= 0.3 is 0 Å². The van der Waals surface area contributed by atoms with Gasteiger partial charge in [-0.3, -0.25) is 4.90 Å².